The maximum absolute atomic E-state index is 6.20. The zero-order valence-electron chi connectivity index (χ0n) is 11.2. The summed E-state index contributed by atoms with van der Waals surface area (Å²) in [6.07, 6.45) is 3.25. The van der Waals surface area contributed by atoms with Gasteiger partial charge in [0.15, 0.2) is 5.65 Å². The van der Waals surface area contributed by atoms with Gasteiger partial charge in [-0.2, -0.15) is 0 Å². The molecule has 1 N–H and O–H groups in total. The van der Waals surface area contributed by atoms with Crippen molar-refractivity contribution in [1.29, 1.82) is 0 Å². The second-order valence-corrected chi connectivity index (χ2v) is 5.48. The monoisotopic (exact) mass is 278 g/mol. The minimum Gasteiger partial charge on any atom is -0.315 e. The standard InChI is InChI=1S/C14H19ClN4/c1-11-13(10-18-7-3-5-16-6-9-18)19-8-2-4-12(15)14(19)17-11/h2,4,8,16H,3,5-7,9-10H2,1H3. The Labute approximate surface area is 118 Å². The van der Waals surface area contributed by atoms with Crippen molar-refractivity contribution >= 4 is 17.2 Å². The molecule has 0 unspecified atom stereocenters. The molecule has 1 saturated heterocycles. The Balaban J connectivity index is 1.91. The van der Waals surface area contributed by atoms with E-state index in [4.69, 9.17) is 11.6 Å². The fourth-order valence-corrected chi connectivity index (χ4v) is 2.86. The van der Waals surface area contributed by atoms with Gasteiger partial charge in [-0.05, 0) is 38.6 Å². The molecule has 0 spiro atoms. The first-order valence-electron chi connectivity index (χ1n) is 6.81. The highest BCUT2D eigenvalue weighted by atomic mass is 35.5. The van der Waals surface area contributed by atoms with Gasteiger partial charge in [-0.1, -0.05) is 11.6 Å². The summed E-state index contributed by atoms with van der Waals surface area (Å²) < 4.78 is 2.12. The summed E-state index contributed by atoms with van der Waals surface area (Å²) >= 11 is 6.20. The molecule has 0 amide bonds. The number of halogens is 1. The van der Waals surface area contributed by atoms with Crippen LogP contribution < -0.4 is 5.32 Å². The number of fused-ring (bicyclic) bond motifs is 1. The molecule has 0 aliphatic carbocycles. The molecular weight excluding hydrogens is 260 g/mol. The molecule has 1 aliphatic rings. The maximum Gasteiger partial charge on any atom is 0.156 e. The zero-order chi connectivity index (χ0) is 13.2. The van der Waals surface area contributed by atoms with E-state index in [1.54, 1.807) is 0 Å². The molecule has 3 heterocycles. The van der Waals surface area contributed by atoms with Gasteiger partial charge in [0, 0.05) is 25.8 Å². The number of aryl methyl sites for hydroxylation is 1. The number of pyridine rings is 1. The van der Waals surface area contributed by atoms with Gasteiger partial charge in [-0.3, -0.25) is 4.90 Å². The lowest BCUT2D eigenvalue weighted by molar-refractivity contribution is 0.279. The molecule has 102 valence electrons. The largest absolute Gasteiger partial charge is 0.315 e. The highest BCUT2D eigenvalue weighted by Crippen LogP contribution is 2.20. The van der Waals surface area contributed by atoms with E-state index in [0.717, 1.165) is 49.1 Å². The zero-order valence-corrected chi connectivity index (χ0v) is 12.0. The molecule has 0 saturated carbocycles. The molecule has 1 aliphatic heterocycles. The summed E-state index contributed by atoms with van der Waals surface area (Å²) in [6, 6.07) is 3.87. The third kappa shape index (κ3) is 2.61. The number of hydrogen-bond donors (Lipinski definition) is 1. The van der Waals surface area contributed by atoms with Crippen LogP contribution >= 0.6 is 11.6 Å². The van der Waals surface area contributed by atoms with Gasteiger partial charge in [-0.15, -0.1) is 0 Å². The van der Waals surface area contributed by atoms with Crippen LogP contribution in [0.2, 0.25) is 5.02 Å². The quantitative estimate of drug-likeness (QED) is 0.913. The topological polar surface area (TPSA) is 32.6 Å². The first-order valence-corrected chi connectivity index (χ1v) is 7.18. The average Bonchev–Trinajstić information content (AvgIpc) is 2.60. The van der Waals surface area contributed by atoms with E-state index >= 15 is 0 Å². The van der Waals surface area contributed by atoms with Gasteiger partial charge in [0.2, 0.25) is 0 Å². The van der Waals surface area contributed by atoms with Crippen LogP contribution in [-0.2, 0) is 6.54 Å². The Morgan fingerprint density at radius 2 is 2.26 bits per heavy atom. The van der Waals surface area contributed by atoms with Gasteiger partial charge < -0.3 is 9.72 Å². The van der Waals surface area contributed by atoms with E-state index in [-0.39, 0.29) is 0 Å². The smallest absolute Gasteiger partial charge is 0.156 e. The van der Waals surface area contributed by atoms with Crippen molar-refractivity contribution in [3.8, 4) is 0 Å². The van der Waals surface area contributed by atoms with E-state index in [1.807, 2.05) is 18.3 Å². The summed E-state index contributed by atoms with van der Waals surface area (Å²) in [5.41, 5.74) is 3.19. The summed E-state index contributed by atoms with van der Waals surface area (Å²) in [4.78, 5) is 7.07. The number of nitrogens with zero attached hydrogens (tertiary/aromatic N) is 3. The van der Waals surface area contributed by atoms with Gasteiger partial charge in [0.05, 0.1) is 16.4 Å². The first kappa shape index (κ1) is 12.9. The molecule has 3 rings (SSSR count). The van der Waals surface area contributed by atoms with Crippen molar-refractivity contribution < 1.29 is 0 Å². The van der Waals surface area contributed by atoms with E-state index in [1.165, 1.54) is 12.1 Å². The lowest BCUT2D eigenvalue weighted by Gasteiger charge is -2.19. The first-order chi connectivity index (χ1) is 9.25. The van der Waals surface area contributed by atoms with Crippen LogP contribution in [0, 0.1) is 6.92 Å². The molecule has 5 heteroatoms. The van der Waals surface area contributed by atoms with E-state index < -0.39 is 0 Å². The van der Waals surface area contributed by atoms with Crippen LogP contribution in [0.25, 0.3) is 5.65 Å². The second kappa shape index (κ2) is 5.49. The molecule has 0 atom stereocenters. The molecule has 19 heavy (non-hydrogen) atoms. The summed E-state index contributed by atoms with van der Waals surface area (Å²) in [6.45, 7) is 7.42. The van der Waals surface area contributed by atoms with E-state index in [0.29, 0.717) is 0 Å². The van der Waals surface area contributed by atoms with Crippen molar-refractivity contribution in [2.75, 3.05) is 26.2 Å². The predicted molar refractivity (Wildman–Crippen MR) is 77.7 cm³/mol. The molecule has 0 bridgehead atoms. The van der Waals surface area contributed by atoms with Gasteiger partial charge in [0.25, 0.3) is 0 Å². The maximum atomic E-state index is 6.20. The predicted octanol–water partition coefficient (Wildman–Crippen LogP) is 2.09. The van der Waals surface area contributed by atoms with Crippen LogP contribution in [0.15, 0.2) is 18.3 Å². The number of rotatable bonds is 2. The van der Waals surface area contributed by atoms with Crippen LogP contribution in [0.4, 0.5) is 0 Å². The lowest BCUT2D eigenvalue weighted by atomic mass is 10.3. The molecule has 0 aromatic carbocycles. The van der Waals surface area contributed by atoms with Crippen molar-refractivity contribution in [3.63, 3.8) is 0 Å². The van der Waals surface area contributed by atoms with Crippen molar-refractivity contribution in [1.82, 2.24) is 19.6 Å². The highest BCUT2D eigenvalue weighted by molar-refractivity contribution is 6.33. The molecule has 1 fully saturated rings. The molecule has 0 radical (unpaired) electrons. The van der Waals surface area contributed by atoms with Crippen molar-refractivity contribution in [2.24, 2.45) is 0 Å². The third-order valence-electron chi connectivity index (χ3n) is 3.71. The SMILES string of the molecule is Cc1nc2c(Cl)cccn2c1CN1CCCNCC1. The number of hydrogen-bond acceptors (Lipinski definition) is 3. The Hall–Kier alpha value is -1.10. The van der Waals surface area contributed by atoms with Gasteiger partial charge in [0.1, 0.15) is 0 Å². The normalized spacial score (nSPS) is 17.8. The molecule has 2 aromatic rings. The minimum absolute atomic E-state index is 0.717. The number of imidazole rings is 1. The second-order valence-electron chi connectivity index (χ2n) is 5.07. The number of nitrogens with one attached hydrogen (secondary N) is 1. The Morgan fingerprint density at radius 1 is 1.37 bits per heavy atom. The lowest BCUT2D eigenvalue weighted by Crippen LogP contribution is -2.28. The Bertz CT molecular complexity index is 570. The summed E-state index contributed by atoms with van der Waals surface area (Å²) in [5.74, 6) is 0. The Morgan fingerprint density at radius 3 is 3.16 bits per heavy atom. The Kier molecular flexibility index (Phi) is 3.73. The van der Waals surface area contributed by atoms with Crippen LogP contribution in [0.5, 0.6) is 0 Å². The van der Waals surface area contributed by atoms with Crippen LogP contribution in [0.3, 0.4) is 0 Å². The van der Waals surface area contributed by atoms with E-state index in [9.17, 15) is 0 Å². The fourth-order valence-electron chi connectivity index (χ4n) is 2.66. The highest BCUT2D eigenvalue weighted by Gasteiger charge is 2.15. The fraction of sp³-hybridized carbons (Fsp3) is 0.500. The van der Waals surface area contributed by atoms with Crippen molar-refractivity contribution in [3.05, 3.63) is 34.7 Å². The third-order valence-corrected chi connectivity index (χ3v) is 4.00. The van der Waals surface area contributed by atoms with Crippen molar-refractivity contribution in [2.45, 2.75) is 19.9 Å². The average molecular weight is 279 g/mol. The molecule has 2 aromatic heterocycles. The van der Waals surface area contributed by atoms with Crippen LogP contribution in [0.1, 0.15) is 17.8 Å². The molecular formula is C14H19ClN4. The van der Waals surface area contributed by atoms with Crippen LogP contribution in [-0.4, -0.2) is 40.5 Å². The summed E-state index contributed by atoms with van der Waals surface area (Å²) in [7, 11) is 0. The summed E-state index contributed by atoms with van der Waals surface area (Å²) in [5, 5.41) is 4.15. The number of aromatic nitrogens is 2. The van der Waals surface area contributed by atoms with E-state index in [2.05, 4.69) is 26.5 Å². The van der Waals surface area contributed by atoms with Gasteiger partial charge in [-0.25, -0.2) is 4.98 Å². The van der Waals surface area contributed by atoms with Gasteiger partial charge >= 0.3 is 0 Å². The molecule has 4 nitrogen and oxygen atoms in total. The minimum atomic E-state index is 0.717.